The van der Waals surface area contributed by atoms with Crippen molar-refractivity contribution in [1.29, 1.82) is 0 Å². The zero-order chi connectivity index (χ0) is 12.2. The van der Waals surface area contributed by atoms with Crippen LogP contribution in [0.2, 0.25) is 0 Å². The van der Waals surface area contributed by atoms with E-state index < -0.39 is 5.41 Å². The molecule has 0 spiro atoms. The van der Waals surface area contributed by atoms with Crippen LogP contribution in [0.25, 0.3) is 0 Å². The number of esters is 1. The molecule has 0 heterocycles. The first kappa shape index (κ1) is 12.7. The van der Waals surface area contributed by atoms with E-state index >= 15 is 0 Å². The fourth-order valence-corrected chi connectivity index (χ4v) is 1.07. The van der Waals surface area contributed by atoms with E-state index in [2.05, 4.69) is 0 Å². The zero-order valence-electron chi connectivity index (χ0n) is 9.92. The predicted molar refractivity (Wildman–Crippen MR) is 60.3 cm³/mol. The lowest BCUT2D eigenvalue weighted by Gasteiger charge is -2.20. The quantitative estimate of drug-likeness (QED) is 0.733. The molecular weight excluding hydrogens is 207 g/mol. The Hall–Kier alpha value is -1.38. The molecule has 0 unspecified atom stereocenters. The second-order valence-electron chi connectivity index (χ2n) is 4.44. The average Bonchev–Trinajstić information content (AvgIpc) is 2.28. The predicted octanol–water partition coefficient (Wildman–Crippen LogP) is 3.31. The van der Waals surface area contributed by atoms with Crippen LogP contribution in [0.1, 0.15) is 32.8 Å². The fraction of sp³-hybridized carbons (Fsp3) is 0.462. The van der Waals surface area contributed by atoms with Gasteiger partial charge in [-0.1, -0.05) is 19.1 Å². The summed E-state index contributed by atoms with van der Waals surface area (Å²) in [6, 6.07) is 5.94. The van der Waals surface area contributed by atoms with E-state index in [4.69, 9.17) is 4.74 Å². The maximum Gasteiger partial charge on any atom is 0.311 e. The highest BCUT2D eigenvalue weighted by molar-refractivity contribution is 5.75. The second-order valence-corrected chi connectivity index (χ2v) is 4.44. The first-order valence-electron chi connectivity index (χ1n) is 5.37. The average molecular weight is 224 g/mol. The Morgan fingerprint density at radius 1 is 1.31 bits per heavy atom. The molecular formula is C13H17FO2. The maximum absolute atomic E-state index is 12.6. The number of carbonyl (C=O) groups excluding carboxylic acids is 1. The third-order valence-electron chi connectivity index (χ3n) is 2.72. The molecule has 0 amide bonds. The van der Waals surface area contributed by atoms with Gasteiger partial charge in [0.25, 0.3) is 0 Å². The van der Waals surface area contributed by atoms with Crippen LogP contribution in [0.15, 0.2) is 24.3 Å². The van der Waals surface area contributed by atoms with E-state index in [0.717, 1.165) is 12.0 Å². The second kappa shape index (κ2) is 5.10. The van der Waals surface area contributed by atoms with Crippen molar-refractivity contribution in [2.45, 2.75) is 33.8 Å². The summed E-state index contributed by atoms with van der Waals surface area (Å²) in [6.45, 7) is 5.84. The minimum Gasteiger partial charge on any atom is -0.460 e. The van der Waals surface area contributed by atoms with Gasteiger partial charge in [-0.2, -0.15) is 0 Å². The van der Waals surface area contributed by atoms with E-state index in [0.29, 0.717) is 0 Å². The molecule has 0 saturated heterocycles. The Labute approximate surface area is 95.4 Å². The van der Waals surface area contributed by atoms with E-state index in [-0.39, 0.29) is 18.4 Å². The molecule has 0 radical (unpaired) electrons. The van der Waals surface area contributed by atoms with Crippen molar-refractivity contribution in [3.8, 4) is 0 Å². The summed E-state index contributed by atoms with van der Waals surface area (Å²) in [5.74, 6) is -0.511. The molecule has 1 aromatic carbocycles. The highest BCUT2D eigenvalue weighted by Crippen LogP contribution is 2.22. The minimum absolute atomic E-state index is 0.197. The van der Waals surface area contributed by atoms with Crippen LogP contribution < -0.4 is 0 Å². The molecule has 0 saturated carbocycles. The minimum atomic E-state index is -0.458. The lowest BCUT2D eigenvalue weighted by molar-refractivity contribution is -0.155. The van der Waals surface area contributed by atoms with Crippen molar-refractivity contribution in [2.24, 2.45) is 5.41 Å². The summed E-state index contributed by atoms with van der Waals surface area (Å²) in [5.41, 5.74) is 0.335. The maximum atomic E-state index is 12.6. The first-order valence-corrected chi connectivity index (χ1v) is 5.37. The normalized spacial score (nSPS) is 11.2. The highest BCUT2D eigenvalue weighted by atomic mass is 19.1. The van der Waals surface area contributed by atoms with Crippen LogP contribution >= 0.6 is 0 Å². The van der Waals surface area contributed by atoms with Crippen molar-refractivity contribution in [1.82, 2.24) is 0 Å². The van der Waals surface area contributed by atoms with Gasteiger partial charge in [0, 0.05) is 0 Å². The molecule has 0 aliphatic rings. The SMILES string of the molecule is CCC(C)(C)C(=O)OCc1ccc(F)cc1. The summed E-state index contributed by atoms with van der Waals surface area (Å²) in [5, 5.41) is 0. The molecule has 0 aromatic heterocycles. The van der Waals surface area contributed by atoms with Crippen molar-refractivity contribution >= 4 is 5.97 Å². The number of rotatable bonds is 4. The molecule has 1 rings (SSSR count). The topological polar surface area (TPSA) is 26.3 Å². The Kier molecular flexibility index (Phi) is 4.05. The summed E-state index contributed by atoms with van der Waals surface area (Å²) in [7, 11) is 0. The van der Waals surface area contributed by atoms with Crippen LogP contribution in [-0.4, -0.2) is 5.97 Å². The van der Waals surface area contributed by atoms with Crippen LogP contribution in [-0.2, 0) is 16.1 Å². The number of hydrogen-bond donors (Lipinski definition) is 0. The molecule has 3 heteroatoms. The molecule has 0 atom stereocenters. The lowest BCUT2D eigenvalue weighted by atomic mass is 9.91. The van der Waals surface area contributed by atoms with Crippen LogP contribution in [0, 0.1) is 11.2 Å². The van der Waals surface area contributed by atoms with Crippen LogP contribution in [0.4, 0.5) is 4.39 Å². The van der Waals surface area contributed by atoms with Gasteiger partial charge in [0.05, 0.1) is 5.41 Å². The van der Waals surface area contributed by atoms with Gasteiger partial charge < -0.3 is 4.74 Å². The van der Waals surface area contributed by atoms with E-state index in [1.54, 1.807) is 12.1 Å². The number of benzene rings is 1. The zero-order valence-corrected chi connectivity index (χ0v) is 9.92. The Balaban J connectivity index is 2.52. The lowest BCUT2D eigenvalue weighted by Crippen LogP contribution is -2.25. The van der Waals surface area contributed by atoms with Gasteiger partial charge in [-0.15, -0.1) is 0 Å². The van der Waals surface area contributed by atoms with Crippen LogP contribution in [0.5, 0.6) is 0 Å². The van der Waals surface area contributed by atoms with Gasteiger partial charge in [0.2, 0.25) is 0 Å². The van der Waals surface area contributed by atoms with Gasteiger partial charge >= 0.3 is 5.97 Å². The van der Waals surface area contributed by atoms with Gasteiger partial charge in [-0.3, -0.25) is 4.79 Å². The van der Waals surface area contributed by atoms with Gasteiger partial charge in [0.1, 0.15) is 12.4 Å². The summed E-state index contributed by atoms with van der Waals surface area (Å²) in [4.78, 5) is 11.6. The smallest absolute Gasteiger partial charge is 0.311 e. The molecule has 0 fully saturated rings. The first-order chi connectivity index (χ1) is 7.45. The van der Waals surface area contributed by atoms with E-state index in [1.165, 1.54) is 12.1 Å². The number of carbonyl (C=O) groups is 1. The third kappa shape index (κ3) is 3.33. The van der Waals surface area contributed by atoms with Crippen molar-refractivity contribution < 1.29 is 13.9 Å². The summed E-state index contributed by atoms with van der Waals surface area (Å²) in [6.07, 6.45) is 0.731. The molecule has 2 nitrogen and oxygen atoms in total. The fourth-order valence-electron chi connectivity index (χ4n) is 1.07. The van der Waals surface area contributed by atoms with Gasteiger partial charge in [0.15, 0.2) is 0 Å². The van der Waals surface area contributed by atoms with Crippen molar-refractivity contribution in [3.63, 3.8) is 0 Å². The van der Waals surface area contributed by atoms with Crippen LogP contribution in [0.3, 0.4) is 0 Å². The van der Waals surface area contributed by atoms with Crippen molar-refractivity contribution in [2.75, 3.05) is 0 Å². The molecule has 0 aliphatic heterocycles. The summed E-state index contributed by atoms with van der Waals surface area (Å²) < 4.78 is 17.8. The standard InChI is InChI=1S/C13H17FO2/c1-4-13(2,3)12(15)16-9-10-5-7-11(14)8-6-10/h5-8H,4,9H2,1-3H3. The molecule has 0 N–H and O–H groups in total. The molecule has 16 heavy (non-hydrogen) atoms. The Bertz CT molecular complexity index is 355. The number of halogens is 1. The van der Waals surface area contributed by atoms with Crippen molar-refractivity contribution in [3.05, 3.63) is 35.6 Å². The Morgan fingerprint density at radius 2 is 1.88 bits per heavy atom. The third-order valence-corrected chi connectivity index (χ3v) is 2.72. The number of hydrogen-bond acceptors (Lipinski definition) is 2. The highest BCUT2D eigenvalue weighted by Gasteiger charge is 2.26. The van der Waals surface area contributed by atoms with E-state index in [9.17, 15) is 9.18 Å². The Morgan fingerprint density at radius 3 is 2.38 bits per heavy atom. The molecule has 88 valence electrons. The molecule has 1 aromatic rings. The molecule has 0 bridgehead atoms. The largest absolute Gasteiger partial charge is 0.460 e. The molecule has 0 aliphatic carbocycles. The number of ether oxygens (including phenoxy) is 1. The van der Waals surface area contributed by atoms with E-state index in [1.807, 2.05) is 20.8 Å². The monoisotopic (exact) mass is 224 g/mol. The van der Waals surface area contributed by atoms with Gasteiger partial charge in [-0.05, 0) is 38.0 Å². The van der Waals surface area contributed by atoms with Gasteiger partial charge in [-0.25, -0.2) is 4.39 Å². The summed E-state index contributed by atoms with van der Waals surface area (Å²) >= 11 is 0.